The fraction of sp³-hybridized carbons (Fsp3) is 0.275. The molecule has 43 heavy (non-hydrogen) atoms. The molecule has 4 aromatic rings. The van der Waals surface area contributed by atoms with Gasteiger partial charge >= 0.3 is 260 Å². The van der Waals surface area contributed by atoms with Crippen LogP contribution in [0.15, 0.2) is 103 Å². The van der Waals surface area contributed by atoms with Crippen molar-refractivity contribution < 1.29 is 47.6 Å². The third-order valence-corrected chi connectivity index (χ3v) is 13.0. The molecule has 0 N–H and O–H groups in total. The van der Waals surface area contributed by atoms with Crippen molar-refractivity contribution in [3.05, 3.63) is 148 Å². The van der Waals surface area contributed by atoms with E-state index in [4.69, 9.17) is 0 Å². The van der Waals surface area contributed by atoms with Crippen LogP contribution in [0.2, 0.25) is 0 Å². The van der Waals surface area contributed by atoms with Crippen LogP contribution in [0.5, 0.6) is 0 Å². The Hall–Kier alpha value is -2.31. The molecule has 3 heteroatoms. The summed E-state index contributed by atoms with van der Waals surface area (Å²) in [5, 5.41) is 0. The summed E-state index contributed by atoms with van der Waals surface area (Å²) in [6, 6.07) is 32.4. The minimum absolute atomic E-state index is 0. The first-order valence-electron chi connectivity index (χ1n) is 15.7. The smallest absolute Gasteiger partial charge is 1.00 e. The summed E-state index contributed by atoms with van der Waals surface area (Å²) in [4.78, 5) is 0. The maximum Gasteiger partial charge on any atom is -1.00 e. The molecule has 0 aromatic heterocycles. The number of fused-ring (bicyclic) bond motifs is 3. The second kappa shape index (κ2) is 15.6. The van der Waals surface area contributed by atoms with Gasteiger partial charge in [0.1, 0.15) is 0 Å². The van der Waals surface area contributed by atoms with Crippen molar-refractivity contribution in [2.45, 2.75) is 69.3 Å². The van der Waals surface area contributed by atoms with E-state index in [-0.39, 0.29) is 24.8 Å². The van der Waals surface area contributed by atoms with Crippen molar-refractivity contribution in [3.8, 4) is 11.1 Å². The zero-order valence-electron chi connectivity index (χ0n) is 25.6. The van der Waals surface area contributed by atoms with Crippen LogP contribution >= 0.6 is 0 Å². The molecule has 0 nitrogen and oxygen atoms in total. The monoisotopic (exact) mass is 681 g/mol. The Labute approximate surface area is 282 Å². The number of hydrogen-bond donors (Lipinski definition) is 0. The van der Waals surface area contributed by atoms with Crippen molar-refractivity contribution >= 4 is 8.78 Å². The predicted molar refractivity (Wildman–Crippen MR) is 174 cm³/mol. The van der Waals surface area contributed by atoms with Gasteiger partial charge < -0.3 is 24.8 Å². The molecule has 6 rings (SSSR count). The van der Waals surface area contributed by atoms with Crippen LogP contribution in [-0.4, -0.2) is 3.21 Å². The van der Waals surface area contributed by atoms with E-state index < -0.39 is 22.8 Å². The van der Waals surface area contributed by atoms with Crippen LogP contribution in [-0.2, 0) is 42.0 Å². The van der Waals surface area contributed by atoms with E-state index in [2.05, 4.69) is 124 Å². The van der Waals surface area contributed by atoms with Gasteiger partial charge in [0.15, 0.2) is 0 Å². The first-order chi connectivity index (χ1) is 20.2. The molecule has 2 aliphatic rings. The SMILES string of the molecule is CCCc1cc(C2=CC=CC2)c2c(c1CCC)-c1c(CCC)cccc1[CH]2[Zr+2]=[C](c1ccccc1)c1ccccc1.[Cl-].[Cl-]. The third kappa shape index (κ3) is 6.71. The van der Waals surface area contributed by atoms with E-state index in [0.29, 0.717) is 3.63 Å². The Morgan fingerprint density at radius 2 is 1.33 bits per heavy atom. The third-order valence-electron chi connectivity index (χ3n) is 8.67. The van der Waals surface area contributed by atoms with Gasteiger partial charge in [-0.25, -0.2) is 0 Å². The van der Waals surface area contributed by atoms with Crippen LogP contribution in [0.4, 0.5) is 0 Å². The van der Waals surface area contributed by atoms with E-state index in [0.717, 1.165) is 19.3 Å². The molecule has 2 aliphatic carbocycles. The Morgan fingerprint density at radius 1 is 0.698 bits per heavy atom. The maximum atomic E-state index is 2.63. The standard InChI is InChI=1S/C27H31.C13H10.2ClH.Zr/c1-4-10-20-15-9-16-22-18-25-24(19-13-7-8-14-19)17-21(11-5-2)23(12-6-3)27(25)26(20)22;1-3-7-12(8-4-1)11-13-9-5-2-6-10-13;;;/h7-9,13,15-18H,4-6,10-12,14H2,1-3H3;1-10H;2*1H;/q;;;;+2/p-2. The summed E-state index contributed by atoms with van der Waals surface area (Å²) in [6.07, 6.45) is 15.1. The molecular weight excluding hydrogens is 643 g/mol. The molecule has 0 saturated heterocycles. The summed E-state index contributed by atoms with van der Waals surface area (Å²) in [6.45, 7) is 7.03. The molecule has 0 radical (unpaired) electrons. The molecule has 0 bridgehead atoms. The Morgan fingerprint density at radius 3 is 1.91 bits per heavy atom. The normalized spacial score (nSPS) is 14.2. The Balaban J connectivity index is 0.00000212. The largest absolute Gasteiger partial charge is 1.00 e. The van der Waals surface area contributed by atoms with Crippen molar-refractivity contribution in [3.63, 3.8) is 0 Å². The molecule has 0 aliphatic heterocycles. The van der Waals surface area contributed by atoms with Crippen molar-refractivity contribution in [2.75, 3.05) is 0 Å². The van der Waals surface area contributed by atoms with Gasteiger partial charge in [-0.3, -0.25) is 0 Å². The quantitative estimate of drug-likeness (QED) is 0.234. The topological polar surface area (TPSA) is 0 Å². The second-order valence-electron chi connectivity index (χ2n) is 11.5. The molecule has 4 aromatic carbocycles. The average molecular weight is 684 g/mol. The van der Waals surface area contributed by atoms with Crippen LogP contribution in [0, 0.1) is 0 Å². The summed E-state index contributed by atoms with van der Waals surface area (Å²) >= 11 is -1.17. The average Bonchev–Trinajstić information content (AvgIpc) is 3.66. The maximum absolute atomic E-state index is 2.63. The molecular formula is C40H41Cl2Zr. The first kappa shape index (κ1) is 33.6. The van der Waals surface area contributed by atoms with Crippen LogP contribution in [0.3, 0.4) is 0 Å². The van der Waals surface area contributed by atoms with Gasteiger partial charge in [-0.2, -0.15) is 0 Å². The van der Waals surface area contributed by atoms with Gasteiger partial charge in [0, 0.05) is 0 Å². The fourth-order valence-electron chi connectivity index (χ4n) is 6.96. The number of benzene rings is 4. The van der Waals surface area contributed by atoms with Crippen molar-refractivity contribution in [2.24, 2.45) is 0 Å². The Kier molecular flexibility index (Phi) is 12.2. The van der Waals surface area contributed by atoms with Gasteiger partial charge in [-0.1, -0.05) is 0 Å². The zero-order chi connectivity index (χ0) is 28.2. The van der Waals surface area contributed by atoms with Gasteiger partial charge in [0.2, 0.25) is 0 Å². The van der Waals surface area contributed by atoms with E-state index in [1.54, 1.807) is 47.7 Å². The van der Waals surface area contributed by atoms with Crippen LogP contribution < -0.4 is 24.8 Å². The number of allylic oxidation sites excluding steroid dienone is 4. The summed E-state index contributed by atoms with van der Waals surface area (Å²) in [5.74, 6) is 0. The molecule has 1 unspecified atom stereocenters. The number of rotatable bonds is 10. The molecule has 0 heterocycles. The van der Waals surface area contributed by atoms with Gasteiger partial charge in [0.05, 0.1) is 0 Å². The predicted octanol–water partition coefficient (Wildman–Crippen LogP) is 4.32. The van der Waals surface area contributed by atoms with Crippen molar-refractivity contribution in [1.82, 2.24) is 0 Å². The van der Waals surface area contributed by atoms with Gasteiger partial charge in [-0.15, -0.1) is 0 Å². The minimum Gasteiger partial charge on any atom is -1.00 e. The minimum atomic E-state index is -1.17. The summed E-state index contributed by atoms with van der Waals surface area (Å²) < 4.78 is 2.11. The molecule has 0 fully saturated rings. The number of halogens is 2. The number of aryl methyl sites for hydroxylation is 2. The van der Waals surface area contributed by atoms with E-state index in [1.165, 1.54) is 42.4 Å². The molecule has 0 amide bonds. The van der Waals surface area contributed by atoms with Crippen molar-refractivity contribution in [1.29, 1.82) is 0 Å². The van der Waals surface area contributed by atoms with Gasteiger partial charge in [-0.05, 0) is 0 Å². The molecule has 0 saturated carbocycles. The Bertz CT molecular complexity index is 1590. The van der Waals surface area contributed by atoms with E-state index >= 15 is 0 Å². The second-order valence-corrected chi connectivity index (χ2v) is 14.8. The van der Waals surface area contributed by atoms with E-state index in [1.807, 2.05) is 0 Å². The number of hydrogen-bond acceptors (Lipinski definition) is 0. The summed E-state index contributed by atoms with van der Waals surface area (Å²) in [7, 11) is 0. The fourth-order valence-corrected chi connectivity index (χ4v) is 11.4. The summed E-state index contributed by atoms with van der Waals surface area (Å²) in [5.41, 5.74) is 17.2. The molecule has 219 valence electrons. The zero-order valence-corrected chi connectivity index (χ0v) is 29.6. The molecule has 0 spiro atoms. The molecule has 1 atom stereocenters. The van der Waals surface area contributed by atoms with E-state index in [9.17, 15) is 0 Å². The van der Waals surface area contributed by atoms with Crippen LogP contribution in [0.25, 0.3) is 16.7 Å². The first-order valence-corrected chi connectivity index (χ1v) is 18.3. The van der Waals surface area contributed by atoms with Crippen LogP contribution in [0.1, 0.15) is 94.6 Å². The van der Waals surface area contributed by atoms with Gasteiger partial charge in [0.25, 0.3) is 0 Å².